The molecule has 1 amide bonds. The number of H-pyrrole nitrogens is 1. The van der Waals surface area contributed by atoms with Crippen LogP contribution in [0.3, 0.4) is 0 Å². The Hall–Kier alpha value is -1.92. The van der Waals surface area contributed by atoms with Gasteiger partial charge in [0, 0.05) is 34.1 Å². The number of amides is 1. The molecule has 1 atom stereocenters. The molecule has 0 radical (unpaired) electrons. The standard InChI is InChI=1S/C33H47N3O2S/c1-21-18-22(2)34-31(37)27(21)19-36-15-5-6-28-29(32(36)38)24(4)30(39-28)23(3)26-10-16-35(17-11-26)20-33-12-7-25(8-13-33)9-14-33/h18,23,25-26H,5-17,19-20H2,1-4H3,(H,34,37). The number of fused-ring (bicyclic) bond motifs is 4. The molecule has 2 aromatic heterocycles. The number of nitrogens with zero attached hydrogens (tertiary/aromatic N) is 2. The Morgan fingerprint density at radius 3 is 2.38 bits per heavy atom. The summed E-state index contributed by atoms with van der Waals surface area (Å²) >= 11 is 1.91. The van der Waals surface area contributed by atoms with Crippen molar-refractivity contribution >= 4 is 17.2 Å². The van der Waals surface area contributed by atoms with Crippen LogP contribution in [0.5, 0.6) is 0 Å². The van der Waals surface area contributed by atoms with Crippen molar-refractivity contribution < 1.29 is 4.79 Å². The van der Waals surface area contributed by atoms with Gasteiger partial charge in [-0.2, -0.15) is 0 Å². The summed E-state index contributed by atoms with van der Waals surface area (Å²) in [6.07, 6.45) is 13.3. The van der Waals surface area contributed by atoms with Gasteiger partial charge in [0.25, 0.3) is 11.5 Å². The monoisotopic (exact) mass is 549 g/mol. The number of likely N-dealkylation sites (tertiary alicyclic amines) is 1. The number of pyridine rings is 1. The number of thiophene rings is 1. The van der Waals surface area contributed by atoms with Crippen molar-refractivity contribution in [1.82, 2.24) is 14.8 Å². The Labute approximate surface area is 238 Å². The van der Waals surface area contributed by atoms with Crippen molar-refractivity contribution in [2.24, 2.45) is 17.3 Å². The van der Waals surface area contributed by atoms with E-state index in [-0.39, 0.29) is 11.5 Å². The molecule has 2 bridgehead atoms. The highest BCUT2D eigenvalue weighted by Crippen LogP contribution is 2.51. The molecule has 2 aliphatic heterocycles. The van der Waals surface area contributed by atoms with Crippen LogP contribution in [0.15, 0.2) is 10.9 Å². The molecule has 4 heterocycles. The van der Waals surface area contributed by atoms with Crippen LogP contribution in [0.1, 0.15) is 113 Å². The summed E-state index contributed by atoms with van der Waals surface area (Å²) < 4.78 is 0. The lowest BCUT2D eigenvalue weighted by Crippen LogP contribution is -2.46. The van der Waals surface area contributed by atoms with Gasteiger partial charge in [-0.15, -0.1) is 11.3 Å². The van der Waals surface area contributed by atoms with Crippen molar-refractivity contribution in [2.45, 2.75) is 104 Å². The Morgan fingerprint density at radius 1 is 1.03 bits per heavy atom. The first-order chi connectivity index (χ1) is 18.7. The second-order valence-electron chi connectivity index (χ2n) is 13.5. The third-order valence-corrected chi connectivity index (χ3v) is 12.5. The minimum Gasteiger partial charge on any atom is -0.334 e. The van der Waals surface area contributed by atoms with Crippen LogP contribution in [0.25, 0.3) is 0 Å². The zero-order chi connectivity index (χ0) is 27.3. The average molecular weight is 550 g/mol. The predicted octanol–water partition coefficient (Wildman–Crippen LogP) is 6.74. The summed E-state index contributed by atoms with van der Waals surface area (Å²) in [4.78, 5) is 36.9. The fourth-order valence-electron chi connectivity index (χ4n) is 8.47. The number of nitrogens with one attached hydrogen (secondary N) is 1. The average Bonchev–Trinajstić information content (AvgIpc) is 3.16. The normalized spacial score (nSPS) is 27.0. The lowest BCUT2D eigenvalue weighted by atomic mass is 9.60. The highest BCUT2D eigenvalue weighted by Gasteiger charge is 2.42. The fraction of sp³-hybridized carbons (Fsp3) is 0.697. The first-order valence-electron chi connectivity index (χ1n) is 15.6. The van der Waals surface area contributed by atoms with E-state index in [9.17, 15) is 9.59 Å². The van der Waals surface area contributed by atoms with Gasteiger partial charge in [-0.05, 0) is 138 Å². The zero-order valence-electron chi connectivity index (χ0n) is 24.5. The van der Waals surface area contributed by atoms with Gasteiger partial charge in [0.2, 0.25) is 0 Å². The van der Waals surface area contributed by atoms with Gasteiger partial charge in [-0.25, -0.2) is 0 Å². The lowest BCUT2D eigenvalue weighted by Gasteiger charge is -2.50. The van der Waals surface area contributed by atoms with E-state index in [0.29, 0.717) is 35.9 Å². The Balaban J connectivity index is 1.13. The largest absolute Gasteiger partial charge is 0.334 e. The maximum atomic E-state index is 13.9. The van der Waals surface area contributed by atoms with Gasteiger partial charge in [0.1, 0.15) is 0 Å². The van der Waals surface area contributed by atoms with Gasteiger partial charge >= 0.3 is 0 Å². The molecule has 6 heteroatoms. The van der Waals surface area contributed by atoms with E-state index in [4.69, 9.17) is 0 Å². The van der Waals surface area contributed by atoms with Crippen LogP contribution in [0.4, 0.5) is 0 Å². The molecule has 0 spiro atoms. The summed E-state index contributed by atoms with van der Waals surface area (Å²) in [5.74, 6) is 2.35. The minimum absolute atomic E-state index is 0.0665. The number of hydrogen-bond donors (Lipinski definition) is 1. The summed E-state index contributed by atoms with van der Waals surface area (Å²) in [7, 11) is 0. The molecule has 7 rings (SSSR count). The van der Waals surface area contributed by atoms with E-state index in [0.717, 1.165) is 35.6 Å². The Kier molecular flexibility index (Phi) is 7.56. The minimum atomic E-state index is -0.0665. The molecule has 0 aromatic carbocycles. The quantitative estimate of drug-likeness (QED) is 0.434. The third-order valence-electron chi connectivity index (χ3n) is 11.0. The first kappa shape index (κ1) is 27.3. The maximum Gasteiger partial charge on any atom is 0.255 e. The number of aromatic amines is 1. The summed E-state index contributed by atoms with van der Waals surface area (Å²) in [5.41, 5.74) is 5.24. The van der Waals surface area contributed by atoms with Gasteiger partial charge in [0.05, 0.1) is 12.1 Å². The molecular formula is C33H47N3O2S. The van der Waals surface area contributed by atoms with Crippen LogP contribution in [-0.2, 0) is 13.0 Å². The van der Waals surface area contributed by atoms with Gasteiger partial charge in [0.15, 0.2) is 0 Å². The summed E-state index contributed by atoms with van der Waals surface area (Å²) in [5, 5.41) is 0. The third kappa shape index (κ3) is 5.28. The van der Waals surface area contributed by atoms with Crippen molar-refractivity contribution in [3.8, 4) is 0 Å². The van der Waals surface area contributed by atoms with Crippen LogP contribution >= 0.6 is 11.3 Å². The van der Waals surface area contributed by atoms with E-state index in [1.54, 1.807) is 0 Å². The molecule has 3 saturated carbocycles. The molecule has 4 fully saturated rings. The molecule has 3 aliphatic carbocycles. The topological polar surface area (TPSA) is 56.4 Å². The van der Waals surface area contributed by atoms with Crippen LogP contribution in [-0.4, -0.2) is 46.9 Å². The number of carbonyl (C=O) groups excluding carboxylic acids is 1. The van der Waals surface area contributed by atoms with Gasteiger partial charge in [-0.1, -0.05) is 6.92 Å². The van der Waals surface area contributed by atoms with Crippen molar-refractivity contribution in [2.75, 3.05) is 26.2 Å². The van der Waals surface area contributed by atoms with E-state index in [1.807, 2.05) is 36.2 Å². The highest BCUT2D eigenvalue weighted by atomic mass is 32.1. The summed E-state index contributed by atoms with van der Waals surface area (Å²) in [6.45, 7) is 13.4. The molecule has 2 aromatic rings. The number of rotatable bonds is 6. The SMILES string of the molecule is Cc1cc(C)c(CN2CCCc3sc(C(C)C4CCN(CC56CCC(CC5)CC6)CC4)c(C)c3C2=O)c(=O)[nH]1. The highest BCUT2D eigenvalue weighted by molar-refractivity contribution is 7.12. The first-order valence-corrected chi connectivity index (χ1v) is 16.4. The van der Waals surface area contributed by atoms with Gasteiger partial charge in [-0.3, -0.25) is 9.59 Å². The van der Waals surface area contributed by atoms with Gasteiger partial charge < -0.3 is 14.8 Å². The lowest BCUT2D eigenvalue weighted by molar-refractivity contribution is 0.0150. The smallest absolute Gasteiger partial charge is 0.255 e. The Morgan fingerprint density at radius 2 is 1.72 bits per heavy atom. The van der Waals surface area contributed by atoms with Crippen molar-refractivity contribution in [3.63, 3.8) is 0 Å². The van der Waals surface area contributed by atoms with E-state index >= 15 is 0 Å². The van der Waals surface area contributed by atoms with Crippen LogP contribution in [0.2, 0.25) is 0 Å². The second kappa shape index (κ2) is 10.8. The number of piperidine rings is 1. The van der Waals surface area contributed by atoms with E-state index in [2.05, 4.69) is 23.7 Å². The second-order valence-corrected chi connectivity index (χ2v) is 14.7. The van der Waals surface area contributed by atoms with Crippen LogP contribution < -0.4 is 5.56 Å². The predicted molar refractivity (Wildman–Crippen MR) is 160 cm³/mol. The number of carbonyl (C=O) groups is 1. The number of aryl methyl sites for hydroxylation is 3. The molecule has 5 nitrogen and oxygen atoms in total. The molecule has 1 N–H and O–H groups in total. The van der Waals surface area contributed by atoms with Crippen LogP contribution in [0, 0.1) is 38.0 Å². The number of hydrogen-bond acceptors (Lipinski definition) is 4. The molecule has 1 saturated heterocycles. The Bertz CT molecular complexity index is 1260. The van der Waals surface area contributed by atoms with E-state index in [1.165, 1.54) is 86.3 Å². The van der Waals surface area contributed by atoms with Crippen molar-refractivity contribution in [1.29, 1.82) is 0 Å². The molecule has 39 heavy (non-hydrogen) atoms. The number of aromatic nitrogens is 1. The zero-order valence-corrected chi connectivity index (χ0v) is 25.4. The maximum absolute atomic E-state index is 13.9. The van der Waals surface area contributed by atoms with Crippen molar-refractivity contribution in [3.05, 3.63) is 54.1 Å². The molecule has 5 aliphatic rings. The molecular weight excluding hydrogens is 502 g/mol. The summed E-state index contributed by atoms with van der Waals surface area (Å²) in [6, 6.07) is 2.00. The fourth-order valence-corrected chi connectivity index (χ4v) is 9.96. The van der Waals surface area contributed by atoms with E-state index < -0.39 is 0 Å². The molecule has 1 unspecified atom stereocenters. The molecule has 212 valence electrons.